The van der Waals surface area contributed by atoms with Gasteiger partial charge in [0, 0.05) is 18.5 Å². The molecule has 3 heterocycles. The molecular weight excluding hydrogens is 240 g/mol. The summed E-state index contributed by atoms with van der Waals surface area (Å²) in [6, 6.07) is 10.8. The second-order valence-electron chi connectivity index (χ2n) is 3.82. The topological polar surface area (TPSA) is 90.7 Å². The van der Waals surface area contributed by atoms with Crippen LogP contribution in [0.5, 0.6) is 0 Å². The van der Waals surface area contributed by atoms with Crippen molar-refractivity contribution in [1.29, 1.82) is 10.5 Å². The highest BCUT2D eigenvalue weighted by Crippen LogP contribution is 2.16. The monoisotopic (exact) mass is 246 g/mol. The average Bonchev–Trinajstić information content (AvgIpc) is 2.90. The average molecular weight is 246 g/mol. The standard InChI is InChI=1S/C13H6N6/c14-6-9-3-4-19-12(5-9)17-18-13(19)11-2-1-10(7-15)8-16-11/h1-5,8H. The maximum Gasteiger partial charge on any atom is 0.186 e. The van der Waals surface area contributed by atoms with E-state index in [1.54, 1.807) is 34.9 Å². The van der Waals surface area contributed by atoms with Gasteiger partial charge in [-0.25, -0.2) is 0 Å². The van der Waals surface area contributed by atoms with E-state index in [-0.39, 0.29) is 0 Å². The van der Waals surface area contributed by atoms with E-state index in [4.69, 9.17) is 10.5 Å². The molecule has 0 atom stereocenters. The van der Waals surface area contributed by atoms with Crippen molar-refractivity contribution in [3.63, 3.8) is 0 Å². The summed E-state index contributed by atoms with van der Waals surface area (Å²) in [5.74, 6) is 0.573. The maximum atomic E-state index is 8.83. The van der Waals surface area contributed by atoms with Gasteiger partial charge in [0.25, 0.3) is 0 Å². The summed E-state index contributed by atoms with van der Waals surface area (Å²) in [6.07, 6.45) is 3.21. The summed E-state index contributed by atoms with van der Waals surface area (Å²) >= 11 is 0. The number of nitriles is 2. The lowest BCUT2D eigenvalue weighted by atomic mass is 10.2. The Labute approximate surface area is 108 Å². The molecule has 0 bridgehead atoms. The highest BCUT2D eigenvalue weighted by molar-refractivity contribution is 5.57. The summed E-state index contributed by atoms with van der Waals surface area (Å²) in [7, 11) is 0. The van der Waals surface area contributed by atoms with Crippen LogP contribution in [-0.2, 0) is 0 Å². The Balaban J connectivity index is 2.15. The molecule has 0 spiro atoms. The summed E-state index contributed by atoms with van der Waals surface area (Å²) < 4.78 is 1.75. The van der Waals surface area contributed by atoms with Crippen LogP contribution in [0.2, 0.25) is 0 Å². The van der Waals surface area contributed by atoms with Gasteiger partial charge in [-0.3, -0.25) is 9.38 Å². The van der Waals surface area contributed by atoms with Crippen LogP contribution >= 0.6 is 0 Å². The molecule has 0 N–H and O–H groups in total. The molecule has 0 radical (unpaired) electrons. The molecule has 3 aromatic rings. The van der Waals surface area contributed by atoms with E-state index in [1.165, 1.54) is 6.20 Å². The molecule has 0 aliphatic rings. The summed E-state index contributed by atoms with van der Waals surface area (Å²) in [5.41, 5.74) is 2.22. The van der Waals surface area contributed by atoms with E-state index >= 15 is 0 Å². The van der Waals surface area contributed by atoms with Crippen LogP contribution in [0, 0.1) is 22.7 Å². The molecule has 6 heteroatoms. The van der Waals surface area contributed by atoms with E-state index in [0.717, 1.165) is 0 Å². The zero-order valence-corrected chi connectivity index (χ0v) is 9.65. The Bertz CT molecular complexity index is 832. The van der Waals surface area contributed by atoms with E-state index in [2.05, 4.69) is 21.3 Å². The first-order chi connectivity index (χ1) is 9.31. The number of fused-ring (bicyclic) bond motifs is 1. The van der Waals surface area contributed by atoms with Gasteiger partial charge in [0.15, 0.2) is 11.5 Å². The van der Waals surface area contributed by atoms with Gasteiger partial charge in [-0.2, -0.15) is 10.5 Å². The lowest BCUT2D eigenvalue weighted by Gasteiger charge is -1.99. The number of hydrogen-bond acceptors (Lipinski definition) is 5. The van der Waals surface area contributed by atoms with Gasteiger partial charge >= 0.3 is 0 Å². The second-order valence-corrected chi connectivity index (χ2v) is 3.82. The zero-order valence-electron chi connectivity index (χ0n) is 9.65. The number of nitrogens with zero attached hydrogens (tertiary/aromatic N) is 6. The lowest BCUT2D eigenvalue weighted by molar-refractivity contribution is 1.09. The van der Waals surface area contributed by atoms with Crippen LogP contribution in [0.15, 0.2) is 36.7 Å². The minimum absolute atomic E-state index is 0.490. The van der Waals surface area contributed by atoms with Crippen LogP contribution < -0.4 is 0 Å². The molecule has 0 fully saturated rings. The normalized spacial score (nSPS) is 10.0. The molecule has 0 unspecified atom stereocenters. The quantitative estimate of drug-likeness (QED) is 0.649. The van der Waals surface area contributed by atoms with Gasteiger partial charge in [-0.05, 0) is 18.2 Å². The van der Waals surface area contributed by atoms with Crippen LogP contribution in [-0.4, -0.2) is 19.6 Å². The van der Waals surface area contributed by atoms with Crippen molar-refractivity contribution in [1.82, 2.24) is 19.6 Å². The molecule has 88 valence electrons. The fourth-order valence-corrected chi connectivity index (χ4v) is 1.73. The number of hydrogen-bond donors (Lipinski definition) is 0. The van der Waals surface area contributed by atoms with Gasteiger partial charge in [0.2, 0.25) is 0 Å². The Morgan fingerprint density at radius 1 is 1.00 bits per heavy atom. The van der Waals surface area contributed by atoms with Gasteiger partial charge < -0.3 is 0 Å². The smallest absolute Gasteiger partial charge is 0.186 e. The molecule has 0 amide bonds. The largest absolute Gasteiger partial charge is 0.281 e. The zero-order chi connectivity index (χ0) is 13.2. The fourth-order valence-electron chi connectivity index (χ4n) is 1.73. The van der Waals surface area contributed by atoms with Crippen molar-refractivity contribution >= 4 is 5.65 Å². The van der Waals surface area contributed by atoms with Gasteiger partial charge in [-0.15, -0.1) is 10.2 Å². The number of aromatic nitrogens is 4. The Morgan fingerprint density at radius 2 is 1.84 bits per heavy atom. The highest BCUT2D eigenvalue weighted by atomic mass is 15.2. The molecule has 0 aliphatic heterocycles. The molecule has 19 heavy (non-hydrogen) atoms. The number of pyridine rings is 2. The van der Waals surface area contributed by atoms with E-state index in [1.807, 2.05) is 6.07 Å². The van der Waals surface area contributed by atoms with Gasteiger partial charge in [-0.1, -0.05) is 0 Å². The van der Waals surface area contributed by atoms with Crippen molar-refractivity contribution in [2.45, 2.75) is 0 Å². The molecule has 0 saturated carbocycles. The number of rotatable bonds is 1. The van der Waals surface area contributed by atoms with Crippen molar-refractivity contribution in [2.24, 2.45) is 0 Å². The predicted octanol–water partition coefficient (Wildman–Crippen LogP) is 1.53. The van der Waals surface area contributed by atoms with Crippen molar-refractivity contribution < 1.29 is 0 Å². The molecule has 0 saturated heterocycles. The molecule has 0 aromatic carbocycles. The summed E-state index contributed by atoms with van der Waals surface area (Å²) in [6.45, 7) is 0. The van der Waals surface area contributed by atoms with Crippen LogP contribution in [0.3, 0.4) is 0 Å². The SMILES string of the molecule is N#Cc1ccc(-c2nnc3cc(C#N)ccn23)nc1. The minimum Gasteiger partial charge on any atom is -0.281 e. The van der Waals surface area contributed by atoms with E-state index < -0.39 is 0 Å². The maximum absolute atomic E-state index is 8.83. The molecule has 3 aromatic heterocycles. The van der Waals surface area contributed by atoms with Gasteiger partial charge in [0.05, 0.1) is 17.2 Å². The second kappa shape index (κ2) is 4.21. The molecular formula is C13H6N6. The minimum atomic E-state index is 0.490. The third-order valence-electron chi connectivity index (χ3n) is 2.66. The van der Waals surface area contributed by atoms with E-state index in [0.29, 0.717) is 28.3 Å². The summed E-state index contributed by atoms with van der Waals surface area (Å²) in [5, 5.41) is 25.6. The first-order valence-electron chi connectivity index (χ1n) is 5.43. The fraction of sp³-hybridized carbons (Fsp3) is 0. The van der Waals surface area contributed by atoms with Crippen molar-refractivity contribution in [3.05, 3.63) is 47.8 Å². The highest BCUT2D eigenvalue weighted by Gasteiger charge is 2.09. The molecule has 3 rings (SSSR count). The Kier molecular flexibility index (Phi) is 2.41. The first-order valence-corrected chi connectivity index (χ1v) is 5.43. The Hall–Kier alpha value is -3.25. The van der Waals surface area contributed by atoms with Crippen LogP contribution in [0.1, 0.15) is 11.1 Å². The molecule has 6 nitrogen and oxygen atoms in total. The molecule has 0 aliphatic carbocycles. The van der Waals surface area contributed by atoms with Gasteiger partial charge in [0.1, 0.15) is 11.8 Å². The van der Waals surface area contributed by atoms with Crippen LogP contribution in [0.4, 0.5) is 0 Å². The third kappa shape index (κ3) is 1.78. The first kappa shape index (κ1) is 10.9. The van der Waals surface area contributed by atoms with Crippen molar-refractivity contribution in [2.75, 3.05) is 0 Å². The lowest BCUT2D eigenvalue weighted by Crippen LogP contribution is -1.92. The van der Waals surface area contributed by atoms with E-state index in [9.17, 15) is 0 Å². The third-order valence-corrected chi connectivity index (χ3v) is 2.66. The van der Waals surface area contributed by atoms with Crippen molar-refractivity contribution in [3.8, 4) is 23.7 Å². The Morgan fingerprint density at radius 3 is 2.53 bits per heavy atom. The van der Waals surface area contributed by atoms with Crippen LogP contribution in [0.25, 0.3) is 17.2 Å². The summed E-state index contributed by atoms with van der Waals surface area (Å²) in [4.78, 5) is 4.17. The predicted molar refractivity (Wildman–Crippen MR) is 65.6 cm³/mol.